The lowest BCUT2D eigenvalue weighted by molar-refractivity contribution is 0.189. The zero-order chi connectivity index (χ0) is 12.1. The Morgan fingerprint density at radius 2 is 2.06 bits per heavy atom. The minimum absolute atomic E-state index is 0.243. The molecule has 0 aromatic carbocycles. The average molecular weight is 236 g/mol. The van der Waals surface area contributed by atoms with Gasteiger partial charge < -0.3 is 15.7 Å². The number of β-amino-alcohol motifs (C(OH)–C–C–N with tert-alkyl or cyclic N) is 1. The van der Waals surface area contributed by atoms with Crippen LogP contribution in [0.4, 0.5) is 5.69 Å². The summed E-state index contributed by atoms with van der Waals surface area (Å²) in [4.78, 5) is 8.82. The first kappa shape index (κ1) is 12.3. The van der Waals surface area contributed by atoms with Gasteiger partial charge in [0.2, 0.25) is 0 Å². The van der Waals surface area contributed by atoms with Crippen LogP contribution < -0.4 is 10.6 Å². The number of anilines is 1. The lowest BCUT2D eigenvalue weighted by Crippen LogP contribution is -2.47. The normalized spacial score (nSPS) is 17.4. The van der Waals surface area contributed by atoms with Crippen molar-refractivity contribution in [2.24, 2.45) is 5.73 Å². The molecule has 1 aliphatic heterocycles. The van der Waals surface area contributed by atoms with Gasteiger partial charge in [-0.05, 0) is 12.1 Å². The van der Waals surface area contributed by atoms with Crippen LogP contribution in [0.15, 0.2) is 18.3 Å². The molecule has 2 heterocycles. The highest BCUT2D eigenvalue weighted by Crippen LogP contribution is 2.16. The average Bonchev–Trinajstić information content (AvgIpc) is 2.40. The van der Waals surface area contributed by atoms with E-state index < -0.39 is 0 Å². The Bertz CT molecular complexity index is 350. The Kier molecular flexibility index (Phi) is 4.30. The van der Waals surface area contributed by atoms with Gasteiger partial charge in [-0.25, -0.2) is 0 Å². The molecule has 17 heavy (non-hydrogen) atoms. The first-order valence-corrected chi connectivity index (χ1v) is 6.06. The third-order valence-electron chi connectivity index (χ3n) is 3.16. The largest absolute Gasteiger partial charge is 0.395 e. The summed E-state index contributed by atoms with van der Waals surface area (Å²) < 4.78 is 0. The molecular weight excluding hydrogens is 216 g/mol. The van der Waals surface area contributed by atoms with Crippen LogP contribution in [0.5, 0.6) is 0 Å². The molecule has 1 aliphatic rings. The molecule has 2 rings (SSSR count). The standard InChI is InChI=1S/C12H20N4O/c13-10-11-9-12(1-2-14-11)16-5-3-15(4-6-16)7-8-17/h1-2,9,17H,3-8,10,13H2. The van der Waals surface area contributed by atoms with Gasteiger partial charge in [-0.1, -0.05) is 0 Å². The number of piperazine rings is 1. The lowest BCUT2D eigenvalue weighted by atomic mass is 10.2. The predicted molar refractivity (Wildman–Crippen MR) is 67.9 cm³/mol. The van der Waals surface area contributed by atoms with Crippen molar-refractivity contribution >= 4 is 5.69 Å². The van der Waals surface area contributed by atoms with Crippen molar-refractivity contribution in [3.63, 3.8) is 0 Å². The summed E-state index contributed by atoms with van der Waals surface area (Å²) in [5, 5.41) is 8.89. The zero-order valence-corrected chi connectivity index (χ0v) is 10.0. The van der Waals surface area contributed by atoms with Crippen LogP contribution in [0, 0.1) is 0 Å². The van der Waals surface area contributed by atoms with E-state index in [0.717, 1.165) is 38.4 Å². The van der Waals surface area contributed by atoms with Crippen molar-refractivity contribution < 1.29 is 5.11 Å². The first-order valence-electron chi connectivity index (χ1n) is 6.06. The van der Waals surface area contributed by atoms with Crippen LogP contribution in [-0.4, -0.2) is 54.3 Å². The van der Waals surface area contributed by atoms with Gasteiger partial charge in [-0.15, -0.1) is 0 Å². The van der Waals surface area contributed by atoms with E-state index >= 15 is 0 Å². The number of aromatic nitrogens is 1. The number of hydrogen-bond acceptors (Lipinski definition) is 5. The summed E-state index contributed by atoms with van der Waals surface area (Å²) in [6.45, 7) is 5.49. The Labute approximate surface area is 102 Å². The van der Waals surface area contributed by atoms with Gasteiger partial charge in [-0.3, -0.25) is 9.88 Å². The van der Waals surface area contributed by atoms with Crippen LogP contribution >= 0.6 is 0 Å². The first-order chi connectivity index (χ1) is 8.33. The third kappa shape index (κ3) is 3.15. The maximum absolute atomic E-state index is 8.89. The summed E-state index contributed by atoms with van der Waals surface area (Å²) in [6, 6.07) is 4.09. The second-order valence-corrected chi connectivity index (χ2v) is 4.26. The van der Waals surface area contributed by atoms with Crippen molar-refractivity contribution in [2.45, 2.75) is 6.54 Å². The van der Waals surface area contributed by atoms with Crippen LogP contribution in [-0.2, 0) is 6.54 Å². The molecule has 1 fully saturated rings. The van der Waals surface area contributed by atoms with Gasteiger partial charge >= 0.3 is 0 Å². The van der Waals surface area contributed by atoms with Crippen LogP contribution in [0.2, 0.25) is 0 Å². The second kappa shape index (κ2) is 5.95. The van der Waals surface area contributed by atoms with Crippen molar-refractivity contribution in [2.75, 3.05) is 44.2 Å². The molecule has 0 spiro atoms. The molecule has 0 radical (unpaired) electrons. The van der Waals surface area contributed by atoms with E-state index in [4.69, 9.17) is 10.8 Å². The fourth-order valence-electron chi connectivity index (χ4n) is 2.14. The highest BCUT2D eigenvalue weighted by atomic mass is 16.3. The number of nitrogens with zero attached hydrogens (tertiary/aromatic N) is 3. The number of rotatable bonds is 4. The number of aliphatic hydroxyl groups excluding tert-OH is 1. The summed E-state index contributed by atoms with van der Waals surface area (Å²) in [7, 11) is 0. The molecule has 5 nitrogen and oxygen atoms in total. The summed E-state index contributed by atoms with van der Waals surface area (Å²) in [5.41, 5.74) is 7.72. The number of nitrogens with two attached hydrogens (primary N) is 1. The number of aliphatic hydroxyl groups is 1. The van der Waals surface area contributed by atoms with Crippen molar-refractivity contribution in [1.29, 1.82) is 0 Å². The van der Waals surface area contributed by atoms with Crippen molar-refractivity contribution in [1.82, 2.24) is 9.88 Å². The molecule has 1 saturated heterocycles. The van der Waals surface area contributed by atoms with E-state index in [9.17, 15) is 0 Å². The maximum atomic E-state index is 8.89. The SMILES string of the molecule is NCc1cc(N2CCN(CCO)CC2)ccn1. The fourth-order valence-corrected chi connectivity index (χ4v) is 2.14. The molecule has 0 unspecified atom stereocenters. The zero-order valence-electron chi connectivity index (χ0n) is 10.0. The third-order valence-corrected chi connectivity index (χ3v) is 3.16. The van der Waals surface area contributed by atoms with Gasteiger partial charge in [0.1, 0.15) is 0 Å². The van der Waals surface area contributed by atoms with E-state index in [2.05, 4.69) is 20.9 Å². The molecule has 0 bridgehead atoms. The lowest BCUT2D eigenvalue weighted by Gasteiger charge is -2.35. The van der Waals surface area contributed by atoms with E-state index in [1.54, 1.807) is 0 Å². The molecular formula is C12H20N4O. The maximum Gasteiger partial charge on any atom is 0.0560 e. The minimum Gasteiger partial charge on any atom is -0.395 e. The minimum atomic E-state index is 0.243. The van der Waals surface area contributed by atoms with Gasteiger partial charge in [-0.2, -0.15) is 0 Å². The highest BCUT2D eigenvalue weighted by molar-refractivity contribution is 5.47. The number of pyridine rings is 1. The molecule has 1 aromatic rings. The summed E-state index contributed by atoms with van der Waals surface area (Å²) >= 11 is 0. The summed E-state index contributed by atoms with van der Waals surface area (Å²) in [6.07, 6.45) is 1.82. The van der Waals surface area contributed by atoms with E-state index in [1.807, 2.05) is 12.3 Å². The van der Waals surface area contributed by atoms with Gasteiger partial charge in [0, 0.05) is 51.2 Å². The Morgan fingerprint density at radius 1 is 1.29 bits per heavy atom. The molecule has 0 atom stereocenters. The summed E-state index contributed by atoms with van der Waals surface area (Å²) in [5.74, 6) is 0. The molecule has 0 aliphatic carbocycles. The van der Waals surface area contributed by atoms with Crippen molar-refractivity contribution in [3.8, 4) is 0 Å². The Morgan fingerprint density at radius 3 is 2.71 bits per heavy atom. The molecule has 5 heteroatoms. The fraction of sp³-hybridized carbons (Fsp3) is 0.583. The van der Waals surface area contributed by atoms with Crippen LogP contribution in [0.25, 0.3) is 0 Å². The van der Waals surface area contributed by atoms with Gasteiger partial charge in [0.05, 0.1) is 12.3 Å². The van der Waals surface area contributed by atoms with E-state index in [1.165, 1.54) is 5.69 Å². The molecule has 94 valence electrons. The van der Waals surface area contributed by atoms with Crippen molar-refractivity contribution in [3.05, 3.63) is 24.0 Å². The monoisotopic (exact) mass is 236 g/mol. The molecule has 0 amide bonds. The Hall–Kier alpha value is -1.17. The molecule has 3 N–H and O–H groups in total. The van der Waals surface area contributed by atoms with Gasteiger partial charge in [0.25, 0.3) is 0 Å². The smallest absolute Gasteiger partial charge is 0.0560 e. The quantitative estimate of drug-likeness (QED) is 0.748. The second-order valence-electron chi connectivity index (χ2n) is 4.26. The highest BCUT2D eigenvalue weighted by Gasteiger charge is 2.16. The van der Waals surface area contributed by atoms with Crippen LogP contribution in [0.3, 0.4) is 0 Å². The Balaban J connectivity index is 1.95. The van der Waals surface area contributed by atoms with E-state index in [0.29, 0.717) is 6.54 Å². The molecule has 1 aromatic heterocycles. The predicted octanol–water partition coefficient (Wildman–Crippen LogP) is -0.345. The molecule has 0 saturated carbocycles. The van der Waals surface area contributed by atoms with E-state index in [-0.39, 0.29) is 6.61 Å². The topological polar surface area (TPSA) is 65.6 Å². The van der Waals surface area contributed by atoms with Crippen LogP contribution in [0.1, 0.15) is 5.69 Å². The van der Waals surface area contributed by atoms with Gasteiger partial charge in [0.15, 0.2) is 0 Å². The number of hydrogen-bond donors (Lipinski definition) is 2.